The number of nitrogen functional groups attached to an aromatic ring is 1. The number of aliphatic hydroxyl groups is 1. The summed E-state index contributed by atoms with van der Waals surface area (Å²) in [6, 6.07) is 0. The topological polar surface area (TPSA) is 125 Å². The van der Waals surface area contributed by atoms with E-state index in [-0.39, 0.29) is 36.4 Å². The van der Waals surface area contributed by atoms with E-state index < -0.39 is 30.0 Å². The van der Waals surface area contributed by atoms with Crippen LogP contribution in [-0.4, -0.2) is 48.9 Å². The zero-order valence-corrected chi connectivity index (χ0v) is 25.2. The number of ether oxygens (including phenoxy) is 2. The van der Waals surface area contributed by atoms with Crippen LogP contribution in [0.4, 0.5) is 10.2 Å². The summed E-state index contributed by atoms with van der Waals surface area (Å²) in [5.74, 6) is 1.85. The molecule has 44 heavy (non-hydrogen) atoms. The van der Waals surface area contributed by atoms with Crippen LogP contribution in [-0.2, 0) is 14.3 Å². The molecule has 234 valence electrons. The van der Waals surface area contributed by atoms with Crippen molar-refractivity contribution in [3.05, 3.63) is 85.3 Å². The van der Waals surface area contributed by atoms with Crippen LogP contribution in [0.3, 0.4) is 0 Å². The fraction of sp³-hybridized carbons (Fsp3) is 0.412. The Labute approximate surface area is 258 Å². The summed E-state index contributed by atoms with van der Waals surface area (Å²) in [6.07, 6.45) is 35.9. The van der Waals surface area contributed by atoms with Gasteiger partial charge >= 0.3 is 12.0 Å². The SMILES string of the molecule is C#C[C@]1(COC(=O)CC/C=C\C/C=C\C/C=C\C/C=C\C/C=C\C/C=C\CC)OC(n2cnc3c(N)nc(F)nc32)C[C@@H]1O. The molecule has 3 N–H and O–H groups in total. The Kier molecular flexibility index (Phi) is 14.3. The Hall–Kier alpha value is -4.33. The summed E-state index contributed by atoms with van der Waals surface area (Å²) in [6.45, 7) is 1.80. The van der Waals surface area contributed by atoms with Crippen LogP contribution in [0.5, 0.6) is 0 Å². The average Bonchev–Trinajstić information content (AvgIpc) is 3.58. The third-order valence-corrected chi connectivity index (χ3v) is 6.84. The highest BCUT2D eigenvalue weighted by Gasteiger charge is 2.49. The molecule has 3 atom stereocenters. The molecule has 0 bridgehead atoms. The molecule has 1 aliphatic heterocycles. The van der Waals surface area contributed by atoms with Gasteiger partial charge in [-0.15, -0.1) is 6.42 Å². The number of carbonyl (C=O) groups excluding carboxylic acids is 1. The van der Waals surface area contributed by atoms with Gasteiger partial charge in [0.15, 0.2) is 22.6 Å². The number of carbonyl (C=O) groups is 1. The van der Waals surface area contributed by atoms with Gasteiger partial charge in [0.2, 0.25) is 0 Å². The van der Waals surface area contributed by atoms with Gasteiger partial charge in [0.05, 0.1) is 6.33 Å². The molecule has 10 heteroatoms. The first-order chi connectivity index (χ1) is 21.4. The number of hydrogen-bond donors (Lipinski definition) is 2. The summed E-state index contributed by atoms with van der Waals surface area (Å²) in [5.41, 5.74) is 4.46. The lowest BCUT2D eigenvalue weighted by atomic mass is 9.99. The van der Waals surface area contributed by atoms with Gasteiger partial charge in [-0.25, -0.2) is 4.98 Å². The molecule has 1 unspecified atom stereocenters. The minimum absolute atomic E-state index is 0.0529. The van der Waals surface area contributed by atoms with Crippen molar-refractivity contribution >= 4 is 23.0 Å². The van der Waals surface area contributed by atoms with Gasteiger partial charge in [0.25, 0.3) is 0 Å². The molecule has 3 rings (SSSR count). The number of nitrogens with two attached hydrogens (primary N) is 1. The van der Waals surface area contributed by atoms with Crippen molar-refractivity contribution in [3.63, 3.8) is 0 Å². The molecule has 3 heterocycles. The number of halogens is 1. The number of hydrogen-bond acceptors (Lipinski definition) is 8. The Morgan fingerprint density at radius 3 is 2.20 bits per heavy atom. The first-order valence-corrected chi connectivity index (χ1v) is 14.9. The minimum atomic E-state index is -1.57. The number of anilines is 1. The van der Waals surface area contributed by atoms with Gasteiger partial charge in [0.1, 0.15) is 18.9 Å². The maximum atomic E-state index is 13.7. The molecular weight excluding hydrogens is 561 g/mol. The number of aromatic nitrogens is 4. The van der Waals surface area contributed by atoms with Gasteiger partial charge < -0.3 is 20.3 Å². The van der Waals surface area contributed by atoms with Crippen molar-refractivity contribution in [3.8, 4) is 12.3 Å². The monoisotopic (exact) mass is 603 g/mol. The number of allylic oxidation sites excluding steroid dienone is 12. The summed E-state index contributed by atoms with van der Waals surface area (Å²) in [4.78, 5) is 23.6. The number of aliphatic hydroxyl groups excluding tert-OH is 1. The number of terminal acetylenes is 1. The van der Waals surface area contributed by atoms with Crippen LogP contribution in [0.15, 0.2) is 79.2 Å². The molecular formula is C34H42FN5O4. The van der Waals surface area contributed by atoms with Crippen molar-refractivity contribution < 1.29 is 23.8 Å². The summed E-state index contributed by atoms with van der Waals surface area (Å²) >= 11 is 0. The van der Waals surface area contributed by atoms with Crippen LogP contribution < -0.4 is 5.73 Å². The van der Waals surface area contributed by atoms with E-state index in [4.69, 9.17) is 21.6 Å². The lowest BCUT2D eigenvalue weighted by Gasteiger charge is -2.26. The first kappa shape index (κ1) is 34.2. The van der Waals surface area contributed by atoms with Crippen molar-refractivity contribution in [2.45, 2.75) is 82.6 Å². The largest absolute Gasteiger partial charge is 0.461 e. The summed E-state index contributed by atoms with van der Waals surface area (Å²) < 4.78 is 26.4. The van der Waals surface area contributed by atoms with Crippen LogP contribution >= 0.6 is 0 Å². The standard InChI is InChI=1S/C34H42FN5O4/c1-3-5-6-7-8-9-10-11-12-13-14-15-16-17-18-19-20-21-22-23-29(42)43-25-34(4-2)27(41)24-28(44-34)40-26-37-30-31(36)38-33(35)39-32(30)40/h2,5-6,8-9,11-12,14-15,17-18,20-21,26-28,41H,3,7,10,13,16,19,22-25H2,1H3,(H2,36,38,39)/b6-5-,9-8-,12-11-,15-14-,18-17-,21-20-/t27-,28?,34+/m0/s1. The molecule has 1 fully saturated rings. The minimum Gasteiger partial charge on any atom is -0.461 e. The van der Waals surface area contributed by atoms with E-state index in [1.807, 2.05) is 12.2 Å². The second-order valence-corrected chi connectivity index (χ2v) is 10.2. The maximum Gasteiger partial charge on any atom is 0.312 e. The number of nitrogens with zero attached hydrogens (tertiary/aromatic N) is 4. The number of rotatable bonds is 17. The van der Waals surface area contributed by atoms with E-state index in [2.05, 4.69) is 88.6 Å². The van der Waals surface area contributed by atoms with Gasteiger partial charge in [-0.3, -0.25) is 9.36 Å². The van der Waals surface area contributed by atoms with Gasteiger partial charge in [-0.1, -0.05) is 85.8 Å². The fourth-order valence-corrected chi connectivity index (χ4v) is 4.45. The number of imidazole rings is 1. The van der Waals surface area contributed by atoms with E-state index in [1.165, 1.54) is 10.9 Å². The highest BCUT2D eigenvalue weighted by atomic mass is 19.1. The molecule has 0 radical (unpaired) electrons. The number of fused-ring (bicyclic) bond motifs is 1. The Balaban J connectivity index is 1.31. The molecule has 1 saturated heterocycles. The van der Waals surface area contributed by atoms with E-state index in [9.17, 15) is 14.3 Å². The Bertz CT molecular complexity index is 1430. The van der Waals surface area contributed by atoms with E-state index in [0.717, 1.165) is 38.5 Å². The second kappa shape index (κ2) is 18.4. The van der Waals surface area contributed by atoms with Crippen molar-refractivity contribution in [1.82, 2.24) is 19.5 Å². The first-order valence-electron chi connectivity index (χ1n) is 14.9. The average molecular weight is 604 g/mol. The molecule has 2 aromatic rings. The van der Waals surface area contributed by atoms with Crippen LogP contribution in [0, 0.1) is 18.4 Å². The molecule has 0 saturated carbocycles. The summed E-state index contributed by atoms with van der Waals surface area (Å²) in [7, 11) is 0. The highest BCUT2D eigenvalue weighted by Crippen LogP contribution is 2.38. The van der Waals surface area contributed by atoms with E-state index in [1.54, 1.807) is 0 Å². The molecule has 0 aromatic carbocycles. The molecule has 1 aliphatic rings. The lowest BCUT2D eigenvalue weighted by Crippen LogP contribution is -2.43. The molecule has 0 spiro atoms. The number of esters is 1. The zero-order valence-electron chi connectivity index (χ0n) is 25.2. The van der Waals surface area contributed by atoms with Crippen LogP contribution in [0.2, 0.25) is 0 Å². The maximum absolute atomic E-state index is 13.7. The normalized spacial score (nSPS) is 21.0. The molecule has 0 aliphatic carbocycles. The van der Waals surface area contributed by atoms with E-state index in [0.29, 0.717) is 6.42 Å². The Morgan fingerprint density at radius 2 is 1.64 bits per heavy atom. The zero-order chi connectivity index (χ0) is 31.6. The highest BCUT2D eigenvalue weighted by molar-refractivity contribution is 5.81. The quantitative estimate of drug-likeness (QED) is 0.0945. The molecule has 9 nitrogen and oxygen atoms in total. The smallest absolute Gasteiger partial charge is 0.312 e. The van der Waals surface area contributed by atoms with Crippen LogP contribution in [0.25, 0.3) is 11.2 Å². The van der Waals surface area contributed by atoms with Gasteiger partial charge in [-0.2, -0.15) is 14.4 Å². The third kappa shape index (κ3) is 10.4. The Morgan fingerprint density at radius 1 is 1.07 bits per heavy atom. The van der Waals surface area contributed by atoms with Gasteiger partial charge in [0, 0.05) is 12.8 Å². The van der Waals surface area contributed by atoms with Crippen molar-refractivity contribution in [2.75, 3.05) is 12.3 Å². The lowest BCUT2D eigenvalue weighted by molar-refractivity contribution is -0.156. The van der Waals surface area contributed by atoms with Crippen molar-refractivity contribution in [2.24, 2.45) is 0 Å². The predicted molar refractivity (Wildman–Crippen MR) is 170 cm³/mol. The predicted octanol–water partition coefficient (Wildman–Crippen LogP) is 6.22. The van der Waals surface area contributed by atoms with E-state index >= 15 is 0 Å². The third-order valence-electron chi connectivity index (χ3n) is 6.84. The summed E-state index contributed by atoms with van der Waals surface area (Å²) in [5, 5.41) is 10.7. The van der Waals surface area contributed by atoms with Gasteiger partial charge in [-0.05, 0) is 44.9 Å². The second-order valence-electron chi connectivity index (χ2n) is 10.2. The van der Waals surface area contributed by atoms with Crippen LogP contribution in [0.1, 0.15) is 70.9 Å². The fourth-order valence-electron chi connectivity index (χ4n) is 4.45. The molecule has 0 amide bonds. The van der Waals surface area contributed by atoms with Crippen molar-refractivity contribution in [1.29, 1.82) is 0 Å². The molecule has 2 aromatic heterocycles.